The minimum Gasteiger partial charge on any atom is -0.394 e. The molecule has 2 N–H and O–H groups in total. The summed E-state index contributed by atoms with van der Waals surface area (Å²) in [6.45, 7) is 3.38. The molecule has 1 aromatic rings. The molecule has 0 spiro atoms. The molecule has 1 unspecified atom stereocenters. The van der Waals surface area contributed by atoms with E-state index in [1.165, 1.54) is 0 Å². The van der Waals surface area contributed by atoms with Gasteiger partial charge in [0.15, 0.2) is 0 Å². The molecule has 0 aromatic heterocycles. The Balaban J connectivity index is 2.89. The van der Waals surface area contributed by atoms with Crippen molar-refractivity contribution < 1.29 is 9.84 Å². The monoisotopic (exact) mass is 257 g/mol. The van der Waals surface area contributed by atoms with Gasteiger partial charge in [-0.1, -0.05) is 30.7 Å². The molecule has 0 heterocycles. The van der Waals surface area contributed by atoms with Gasteiger partial charge < -0.3 is 15.2 Å². The Morgan fingerprint density at radius 3 is 2.76 bits per heavy atom. The Morgan fingerprint density at radius 1 is 1.47 bits per heavy atom. The van der Waals surface area contributed by atoms with Crippen LogP contribution in [0.1, 0.15) is 18.9 Å². The van der Waals surface area contributed by atoms with E-state index in [9.17, 15) is 5.11 Å². The maximum absolute atomic E-state index is 9.67. The second-order valence-electron chi connectivity index (χ2n) is 4.02. The predicted octanol–water partition coefficient (Wildman–Crippen LogP) is 2.17. The van der Waals surface area contributed by atoms with Crippen molar-refractivity contribution in [3.63, 3.8) is 0 Å². The van der Waals surface area contributed by atoms with Crippen LogP contribution >= 0.6 is 11.6 Å². The van der Waals surface area contributed by atoms with E-state index in [4.69, 9.17) is 16.3 Å². The Labute approximate surface area is 108 Å². The first-order valence-corrected chi connectivity index (χ1v) is 6.17. The molecule has 1 atom stereocenters. The number of nitrogens with one attached hydrogen (secondary N) is 1. The van der Waals surface area contributed by atoms with Gasteiger partial charge in [0.2, 0.25) is 0 Å². The predicted molar refractivity (Wildman–Crippen MR) is 70.4 cm³/mol. The molecule has 96 valence electrons. The van der Waals surface area contributed by atoms with Crippen LogP contribution in [0.15, 0.2) is 24.3 Å². The van der Waals surface area contributed by atoms with Gasteiger partial charge in [-0.05, 0) is 24.1 Å². The third kappa shape index (κ3) is 3.68. The van der Waals surface area contributed by atoms with E-state index in [0.717, 1.165) is 12.0 Å². The van der Waals surface area contributed by atoms with Crippen molar-refractivity contribution in [3.8, 4) is 0 Å². The number of ether oxygens (including phenoxy) is 1. The van der Waals surface area contributed by atoms with Crippen LogP contribution in [0.3, 0.4) is 0 Å². The highest BCUT2D eigenvalue weighted by Gasteiger charge is 2.28. The van der Waals surface area contributed by atoms with E-state index in [2.05, 4.69) is 5.32 Å². The molecule has 0 radical (unpaired) electrons. The number of methoxy groups -OCH3 is 1. The van der Waals surface area contributed by atoms with Gasteiger partial charge in [0.05, 0.1) is 18.8 Å². The minimum atomic E-state index is -0.441. The van der Waals surface area contributed by atoms with Gasteiger partial charge in [0, 0.05) is 18.7 Å². The number of hydrogen-bond donors (Lipinski definition) is 2. The fraction of sp³-hybridized carbons (Fsp3) is 0.538. The molecule has 1 aromatic carbocycles. The zero-order chi connectivity index (χ0) is 12.7. The molecule has 0 saturated heterocycles. The molecule has 17 heavy (non-hydrogen) atoms. The standard InChI is InChI=1S/C13H20ClNO2/c1-3-13(10-16,15-7-8-17-2)11-5-4-6-12(14)9-11/h4-6,9,15-16H,3,7-8,10H2,1-2H3. The van der Waals surface area contributed by atoms with Crippen molar-refractivity contribution in [1.82, 2.24) is 5.32 Å². The van der Waals surface area contributed by atoms with Crippen LogP contribution in [0.4, 0.5) is 0 Å². The van der Waals surface area contributed by atoms with Crippen molar-refractivity contribution in [1.29, 1.82) is 0 Å². The molecule has 0 aliphatic rings. The van der Waals surface area contributed by atoms with Gasteiger partial charge in [-0.2, -0.15) is 0 Å². The highest BCUT2D eigenvalue weighted by molar-refractivity contribution is 6.30. The van der Waals surface area contributed by atoms with E-state index < -0.39 is 5.54 Å². The van der Waals surface area contributed by atoms with E-state index >= 15 is 0 Å². The second-order valence-corrected chi connectivity index (χ2v) is 4.46. The molecule has 0 fully saturated rings. The number of aliphatic hydroxyl groups is 1. The summed E-state index contributed by atoms with van der Waals surface area (Å²) in [7, 11) is 1.66. The number of hydrogen-bond acceptors (Lipinski definition) is 3. The van der Waals surface area contributed by atoms with E-state index in [0.29, 0.717) is 18.2 Å². The lowest BCUT2D eigenvalue weighted by Crippen LogP contribution is -2.46. The van der Waals surface area contributed by atoms with Gasteiger partial charge in [0.25, 0.3) is 0 Å². The Bertz CT molecular complexity index is 340. The van der Waals surface area contributed by atoms with Gasteiger partial charge in [-0.25, -0.2) is 0 Å². The fourth-order valence-electron chi connectivity index (χ4n) is 1.87. The summed E-state index contributed by atoms with van der Waals surface area (Å²) in [6, 6.07) is 7.60. The van der Waals surface area contributed by atoms with Crippen molar-refractivity contribution in [2.75, 3.05) is 26.9 Å². The quantitative estimate of drug-likeness (QED) is 0.736. The summed E-state index contributed by atoms with van der Waals surface area (Å²) in [4.78, 5) is 0. The van der Waals surface area contributed by atoms with Gasteiger partial charge in [-0.3, -0.25) is 0 Å². The number of halogens is 1. The lowest BCUT2D eigenvalue weighted by atomic mass is 9.88. The smallest absolute Gasteiger partial charge is 0.0667 e. The van der Waals surface area contributed by atoms with Gasteiger partial charge in [0.1, 0.15) is 0 Å². The summed E-state index contributed by atoms with van der Waals surface area (Å²) >= 11 is 5.99. The van der Waals surface area contributed by atoms with Crippen LogP contribution in [-0.2, 0) is 10.3 Å². The molecule has 4 heteroatoms. The van der Waals surface area contributed by atoms with E-state index in [1.54, 1.807) is 7.11 Å². The Kier molecular flexibility index (Phi) is 5.92. The fourth-order valence-corrected chi connectivity index (χ4v) is 2.06. The molecule has 0 amide bonds. The Hall–Kier alpha value is -0.610. The third-order valence-corrected chi connectivity index (χ3v) is 3.26. The average Bonchev–Trinajstić information content (AvgIpc) is 2.35. The second kappa shape index (κ2) is 6.97. The van der Waals surface area contributed by atoms with Crippen molar-refractivity contribution in [2.45, 2.75) is 18.9 Å². The van der Waals surface area contributed by atoms with Crippen molar-refractivity contribution in [3.05, 3.63) is 34.9 Å². The summed E-state index contributed by atoms with van der Waals surface area (Å²) in [5.41, 5.74) is 0.565. The lowest BCUT2D eigenvalue weighted by Gasteiger charge is -2.33. The molecule has 0 aliphatic carbocycles. The minimum absolute atomic E-state index is 0.0353. The van der Waals surface area contributed by atoms with Crippen LogP contribution in [0.25, 0.3) is 0 Å². The molecule has 0 bridgehead atoms. The maximum Gasteiger partial charge on any atom is 0.0667 e. The van der Waals surface area contributed by atoms with Crippen molar-refractivity contribution >= 4 is 11.6 Å². The maximum atomic E-state index is 9.67. The highest BCUT2D eigenvalue weighted by atomic mass is 35.5. The number of aliphatic hydroxyl groups excluding tert-OH is 1. The summed E-state index contributed by atoms with van der Waals surface area (Å²) in [5, 5.41) is 13.7. The van der Waals surface area contributed by atoms with Crippen LogP contribution in [0.5, 0.6) is 0 Å². The molecular formula is C13H20ClNO2. The highest BCUT2D eigenvalue weighted by Crippen LogP contribution is 2.26. The number of rotatable bonds is 7. The SMILES string of the molecule is CCC(CO)(NCCOC)c1cccc(Cl)c1. The number of benzene rings is 1. The first kappa shape index (κ1) is 14.5. The van der Waals surface area contributed by atoms with E-state index in [1.807, 2.05) is 31.2 Å². The van der Waals surface area contributed by atoms with Gasteiger partial charge in [-0.15, -0.1) is 0 Å². The summed E-state index contributed by atoms with van der Waals surface area (Å²) in [5.74, 6) is 0. The van der Waals surface area contributed by atoms with Crippen LogP contribution in [0, 0.1) is 0 Å². The van der Waals surface area contributed by atoms with Crippen LogP contribution < -0.4 is 5.32 Å². The topological polar surface area (TPSA) is 41.5 Å². The zero-order valence-corrected chi connectivity index (χ0v) is 11.1. The molecule has 3 nitrogen and oxygen atoms in total. The lowest BCUT2D eigenvalue weighted by molar-refractivity contribution is 0.134. The van der Waals surface area contributed by atoms with Crippen LogP contribution in [-0.4, -0.2) is 32.0 Å². The molecule has 0 aliphatic heterocycles. The molecule has 0 saturated carbocycles. The molecular weight excluding hydrogens is 238 g/mol. The third-order valence-electron chi connectivity index (χ3n) is 3.02. The largest absolute Gasteiger partial charge is 0.394 e. The zero-order valence-electron chi connectivity index (χ0n) is 10.4. The van der Waals surface area contributed by atoms with Gasteiger partial charge >= 0.3 is 0 Å². The van der Waals surface area contributed by atoms with E-state index in [-0.39, 0.29) is 6.61 Å². The first-order valence-electron chi connectivity index (χ1n) is 5.79. The van der Waals surface area contributed by atoms with Crippen LogP contribution in [0.2, 0.25) is 5.02 Å². The summed E-state index contributed by atoms with van der Waals surface area (Å²) < 4.78 is 5.02. The normalized spacial score (nSPS) is 14.6. The Morgan fingerprint density at radius 2 is 2.24 bits per heavy atom. The van der Waals surface area contributed by atoms with Crippen molar-refractivity contribution in [2.24, 2.45) is 0 Å². The molecule has 1 rings (SSSR count). The average molecular weight is 258 g/mol. The first-order chi connectivity index (χ1) is 8.18. The summed E-state index contributed by atoms with van der Waals surface area (Å²) in [6.07, 6.45) is 0.785.